The van der Waals surface area contributed by atoms with Gasteiger partial charge in [-0.2, -0.15) is 0 Å². The van der Waals surface area contributed by atoms with E-state index in [0.29, 0.717) is 11.5 Å². The summed E-state index contributed by atoms with van der Waals surface area (Å²) in [7, 11) is 1.36. The molecule has 1 fully saturated rings. The molecule has 1 aromatic carbocycles. The number of carbonyl (C=O) groups is 2. The average Bonchev–Trinajstić information content (AvgIpc) is 3.07. The van der Waals surface area contributed by atoms with Gasteiger partial charge in [0, 0.05) is 5.92 Å². The molecular formula is C12H12O3. The summed E-state index contributed by atoms with van der Waals surface area (Å²) in [6.45, 7) is 0. The van der Waals surface area contributed by atoms with Crippen LogP contribution in [-0.4, -0.2) is 19.4 Å². The van der Waals surface area contributed by atoms with E-state index in [1.54, 1.807) is 12.1 Å². The number of ether oxygens (including phenoxy) is 1. The Morgan fingerprint density at radius 1 is 1.40 bits per heavy atom. The van der Waals surface area contributed by atoms with Crippen molar-refractivity contribution in [2.24, 2.45) is 5.92 Å². The monoisotopic (exact) mass is 204 g/mol. The Morgan fingerprint density at radius 2 is 2.07 bits per heavy atom. The minimum atomic E-state index is -0.329. The number of benzene rings is 1. The molecule has 0 aliphatic heterocycles. The molecule has 1 aliphatic carbocycles. The topological polar surface area (TPSA) is 43.4 Å². The van der Waals surface area contributed by atoms with E-state index in [1.807, 2.05) is 12.1 Å². The van der Waals surface area contributed by atoms with E-state index < -0.39 is 0 Å². The zero-order valence-electron chi connectivity index (χ0n) is 8.47. The van der Waals surface area contributed by atoms with E-state index in [0.717, 1.165) is 18.3 Å². The van der Waals surface area contributed by atoms with E-state index >= 15 is 0 Å². The predicted molar refractivity (Wildman–Crippen MR) is 54.7 cm³/mol. The van der Waals surface area contributed by atoms with Crippen LogP contribution in [0.3, 0.4) is 0 Å². The van der Waals surface area contributed by atoms with Gasteiger partial charge in [0.15, 0.2) is 0 Å². The minimum absolute atomic E-state index is 0.175. The summed E-state index contributed by atoms with van der Waals surface area (Å²) in [5.41, 5.74) is 1.67. The maximum absolute atomic E-state index is 11.2. The normalized spacial score (nSPS) is 23.3. The number of aldehydes is 1. The quantitative estimate of drug-likeness (QED) is 0.556. The molecular weight excluding hydrogens is 192 g/mol. The third-order valence-corrected chi connectivity index (χ3v) is 2.77. The molecule has 1 saturated carbocycles. The van der Waals surface area contributed by atoms with Gasteiger partial charge in [0.2, 0.25) is 0 Å². The second kappa shape index (κ2) is 3.85. The van der Waals surface area contributed by atoms with Gasteiger partial charge in [-0.15, -0.1) is 0 Å². The highest BCUT2D eigenvalue weighted by atomic mass is 16.5. The number of rotatable bonds is 3. The maximum atomic E-state index is 11.2. The summed E-state index contributed by atoms with van der Waals surface area (Å²) in [5.74, 6) is 0.201. The first kappa shape index (κ1) is 9.90. The number of esters is 1. The number of carbonyl (C=O) groups excluding carboxylic acids is 2. The lowest BCUT2D eigenvalue weighted by Gasteiger charge is -2.01. The summed E-state index contributed by atoms with van der Waals surface area (Å²) in [5, 5.41) is 0. The Morgan fingerprint density at radius 3 is 2.53 bits per heavy atom. The molecule has 0 saturated heterocycles. The van der Waals surface area contributed by atoms with E-state index in [4.69, 9.17) is 0 Å². The lowest BCUT2D eigenvalue weighted by Crippen LogP contribution is -2.00. The van der Waals surface area contributed by atoms with Gasteiger partial charge in [0.25, 0.3) is 0 Å². The van der Waals surface area contributed by atoms with E-state index in [2.05, 4.69) is 4.74 Å². The lowest BCUT2D eigenvalue weighted by molar-refractivity contribution is -0.108. The zero-order valence-corrected chi connectivity index (χ0v) is 8.47. The van der Waals surface area contributed by atoms with Crippen molar-refractivity contribution in [1.82, 2.24) is 0 Å². The van der Waals surface area contributed by atoms with Gasteiger partial charge in [-0.3, -0.25) is 0 Å². The Labute approximate surface area is 88.1 Å². The Kier molecular flexibility index (Phi) is 2.54. The first-order valence-corrected chi connectivity index (χ1v) is 4.90. The SMILES string of the molecule is COC(=O)c1ccc(C2CC2C=O)cc1. The first-order valence-electron chi connectivity index (χ1n) is 4.90. The molecule has 0 N–H and O–H groups in total. The number of hydrogen-bond donors (Lipinski definition) is 0. The smallest absolute Gasteiger partial charge is 0.337 e. The van der Waals surface area contributed by atoms with Gasteiger partial charge in [-0.05, 0) is 30.0 Å². The van der Waals surface area contributed by atoms with Crippen LogP contribution in [0.1, 0.15) is 28.3 Å². The van der Waals surface area contributed by atoms with Crippen LogP contribution in [0, 0.1) is 5.92 Å². The standard InChI is InChI=1S/C12H12O3/c1-15-12(14)9-4-2-8(3-5-9)11-6-10(11)7-13/h2-5,7,10-11H,6H2,1H3. The van der Waals surface area contributed by atoms with Crippen LogP contribution in [0.15, 0.2) is 24.3 Å². The third-order valence-electron chi connectivity index (χ3n) is 2.77. The third kappa shape index (κ3) is 1.91. The fraction of sp³-hybridized carbons (Fsp3) is 0.333. The van der Waals surface area contributed by atoms with Crippen LogP contribution in [0.4, 0.5) is 0 Å². The molecule has 78 valence electrons. The van der Waals surface area contributed by atoms with Crippen LogP contribution in [-0.2, 0) is 9.53 Å². The van der Waals surface area contributed by atoms with Crippen molar-refractivity contribution in [3.8, 4) is 0 Å². The molecule has 15 heavy (non-hydrogen) atoms. The van der Waals surface area contributed by atoms with Gasteiger partial charge in [-0.25, -0.2) is 4.79 Å². The van der Waals surface area contributed by atoms with Gasteiger partial charge in [0.1, 0.15) is 6.29 Å². The molecule has 2 atom stereocenters. The summed E-state index contributed by atoms with van der Waals surface area (Å²) in [4.78, 5) is 21.7. The van der Waals surface area contributed by atoms with Crippen molar-refractivity contribution < 1.29 is 14.3 Å². The Hall–Kier alpha value is -1.64. The largest absolute Gasteiger partial charge is 0.465 e. The van der Waals surface area contributed by atoms with Crippen molar-refractivity contribution in [3.63, 3.8) is 0 Å². The molecule has 0 bridgehead atoms. The lowest BCUT2D eigenvalue weighted by atomic mass is 10.1. The van der Waals surface area contributed by atoms with Crippen molar-refractivity contribution in [2.75, 3.05) is 7.11 Å². The fourth-order valence-electron chi connectivity index (χ4n) is 1.73. The molecule has 0 aromatic heterocycles. The second-order valence-corrected chi connectivity index (χ2v) is 3.76. The summed E-state index contributed by atoms with van der Waals surface area (Å²) in [6, 6.07) is 7.25. The maximum Gasteiger partial charge on any atom is 0.337 e. The molecule has 0 radical (unpaired) electrons. The molecule has 2 rings (SSSR count). The minimum Gasteiger partial charge on any atom is -0.465 e. The van der Waals surface area contributed by atoms with Gasteiger partial charge in [0.05, 0.1) is 12.7 Å². The van der Waals surface area contributed by atoms with Crippen LogP contribution in [0.5, 0.6) is 0 Å². The number of hydrogen-bond acceptors (Lipinski definition) is 3. The Balaban J connectivity index is 2.11. The van der Waals surface area contributed by atoms with E-state index in [-0.39, 0.29) is 11.9 Å². The van der Waals surface area contributed by atoms with Crippen molar-refractivity contribution >= 4 is 12.3 Å². The van der Waals surface area contributed by atoms with Crippen molar-refractivity contribution in [3.05, 3.63) is 35.4 Å². The van der Waals surface area contributed by atoms with Gasteiger partial charge >= 0.3 is 5.97 Å². The number of methoxy groups -OCH3 is 1. The van der Waals surface area contributed by atoms with Crippen molar-refractivity contribution in [2.45, 2.75) is 12.3 Å². The summed E-state index contributed by atoms with van der Waals surface area (Å²) < 4.78 is 4.60. The molecule has 0 spiro atoms. The second-order valence-electron chi connectivity index (χ2n) is 3.76. The molecule has 0 amide bonds. The molecule has 3 heteroatoms. The zero-order chi connectivity index (χ0) is 10.8. The van der Waals surface area contributed by atoms with Crippen LogP contribution in [0.25, 0.3) is 0 Å². The Bertz CT molecular complexity index is 380. The highest BCUT2D eigenvalue weighted by Gasteiger charge is 2.37. The highest BCUT2D eigenvalue weighted by Crippen LogP contribution is 2.45. The van der Waals surface area contributed by atoms with E-state index in [1.165, 1.54) is 7.11 Å². The molecule has 3 nitrogen and oxygen atoms in total. The highest BCUT2D eigenvalue weighted by molar-refractivity contribution is 5.89. The summed E-state index contributed by atoms with van der Waals surface area (Å²) in [6.07, 6.45) is 1.93. The average molecular weight is 204 g/mol. The van der Waals surface area contributed by atoms with Gasteiger partial charge < -0.3 is 9.53 Å². The van der Waals surface area contributed by atoms with E-state index in [9.17, 15) is 9.59 Å². The summed E-state index contributed by atoms with van der Waals surface area (Å²) >= 11 is 0. The van der Waals surface area contributed by atoms with Crippen molar-refractivity contribution in [1.29, 1.82) is 0 Å². The first-order chi connectivity index (χ1) is 7.26. The van der Waals surface area contributed by atoms with Crippen LogP contribution >= 0.6 is 0 Å². The predicted octanol–water partition coefficient (Wildman–Crippen LogP) is 1.78. The fourth-order valence-corrected chi connectivity index (χ4v) is 1.73. The molecule has 0 heterocycles. The molecule has 1 aliphatic rings. The van der Waals surface area contributed by atoms with Crippen LogP contribution < -0.4 is 0 Å². The van der Waals surface area contributed by atoms with Gasteiger partial charge in [-0.1, -0.05) is 12.1 Å². The molecule has 2 unspecified atom stereocenters. The molecule has 1 aromatic rings. The van der Waals surface area contributed by atoms with Crippen LogP contribution in [0.2, 0.25) is 0 Å².